The first kappa shape index (κ1) is 13.1. The number of carbonyl (C=O) groups excluding carboxylic acids is 1. The largest absolute Gasteiger partial charge is 0.497 e. The molecule has 0 aliphatic carbocycles. The minimum Gasteiger partial charge on any atom is -0.497 e. The molecular weight excluding hydrogens is 247 g/mol. The van der Waals surface area contributed by atoms with Crippen LogP contribution >= 0.6 is 0 Å². The molecule has 0 radical (unpaired) electrons. The van der Waals surface area contributed by atoms with E-state index in [0.717, 1.165) is 0 Å². The summed E-state index contributed by atoms with van der Waals surface area (Å²) in [4.78, 5) is 12.3. The fourth-order valence-electron chi connectivity index (χ4n) is 1.78. The second kappa shape index (κ2) is 5.52. The van der Waals surface area contributed by atoms with Crippen molar-refractivity contribution in [3.05, 3.63) is 59.4 Å². The fourth-order valence-corrected chi connectivity index (χ4v) is 1.78. The number of methoxy groups -OCH3 is 2. The van der Waals surface area contributed by atoms with Gasteiger partial charge in [0.1, 0.15) is 17.3 Å². The van der Waals surface area contributed by atoms with Gasteiger partial charge in [-0.15, -0.1) is 0 Å². The van der Waals surface area contributed by atoms with Crippen LogP contribution in [-0.4, -0.2) is 20.0 Å². The molecule has 0 heterocycles. The minimum atomic E-state index is -0.616. The molecule has 0 N–H and O–H groups in total. The molecule has 0 amide bonds. The van der Waals surface area contributed by atoms with Crippen molar-refractivity contribution in [2.75, 3.05) is 14.2 Å². The van der Waals surface area contributed by atoms with Gasteiger partial charge in [-0.1, -0.05) is 12.1 Å². The predicted molar refractivity (Wildman–Crippen MR) is 69.4 cm³/mol. The highest BCUT2D eigenvalue weighted by Gasteiger charge is 2.17. The van der Waals surface area contributed by atoms with Crippen LogP contribution in [0.25, 0.3) is 0 Å². The Balaban J connectivity index is 2.44. The van der Waals surface area contributed by atoms with Crippen molar-refractivity contribution in [3.63, 3.8) is 0 Å². The van der Waals surface area contributed by atoms with Gasteiger partial charge in [0.2, 0.25) is 0 Å². The van der Waals surface area contributed by atoms with E-state index in [1.165, 1.54) is 26.4 Å². The number of rotatable bonds is 4. The number of benzene rings is 2. The van der Waals surface area contributed by atoms with Crippen molar-refractivity contribution in [2.45, 2.75) is 0 Å². The summed E-state index contributed by atoms with van der Waals surface area (Å²) >= 11 is 0. The van der Waals surface area contributed by atoms with Crippen LogP contribution in [0.2, 0.25) is 0 Å². The number of ether oxygens (including phenoxy) is 2. The molecule has 0 fully saturated rings. The fraction of sp³-hybridized carbons (Fsp3) is 0.133. The highest BCUT2D eigenvalue weighted by molar-refractivity contribution is 6.10. The maximum Gasteiger partial charge on any atom is 0.199 e. The van der Waals surface area contributed by atoms with Crippen LogP contribution in [-0.2, 0) is 0 Å². The SMILES string of the molecule is COc1ccc(C(=O)c2ccccc2OC)c(F)c1. The molecule has 0 unspecified atom stereocenters. The first-order valence-corrected chi connectivity index (χ1v) is 5.68. The zero-order valence-electron chi connectivity index (χ0n) is 10.6. The predicted octanol–water partition coefficient (Wildman–Crippen LogP) is 3.07. The van der Waals surface area contributed by atoms with E-state index in [0.29, 0.717) is 17.1 Å². The Morgan fingerprint density at radius 2 is 1.74 bits per heavy atom. The lowest BCUT2D eigenvalue weighted by Crippen LogP contribution is -2.06. The van der Waals surface area contributed by atoms with Crippen LogP contribution in [0.3, 0.4) is 0 Å². The van der Waals surface area contributed by atoms with E-state index < -0.39 is 11.6 Å². The van der Waals surface area contributed by atoms with Gasteiger partial charge in [0.15, 0.2) is 5.78 Å². The van der Waals surface area contributed by atoms with Gasteiger partial charge in [-0.3, -0.25) is 4.79 Å². The summed E-state index contributed by atoms with van der Waals surface area (Å²) < 4.78 is 23.9. The molecule has 0 saturated heterocycles. The van der Waals surface area contributed by atoms with Crippen LogP contribution < -0.4 is 9.47 Å². The Kier molecular flexibility index (Phi) is 3.80. The van der Waals surface area contributed by atoms with Gasteiger partial charge in [-0.2, -0.15) is 0 Å². The lowest BCUT2D eigenvalue weighted by atomic mass is 10.0. The van der Waals surface area contributed by atoms with Gasteiger partial charge in [-0.25, -0.2) is 4.39 Å². The average molecular weight is 260 g/mol. The molecule has 0 aliphatic heterocycles. The molecule has 0 bridgehead atoms. The molecule has 2 aromatic rings. The van der Waals surface area contributed by atoms with Crippen LogP contribution in [0.5, 0.6) is 11.5 Å². The van der Waals surface area contributed by atoms with E-state index in [2.05, 4.69) is 0 Å². The van der Waals surface area contributed by atoms with Gasteiger partial charge < -0.3 is 9.47 Å². The molecule has 2 rings (SSSR count). The lowest BCUT2D eigenvalue weighted by Gasteiger charge is -2.08. The monoisotopic (exact) mass is 260 g/mol. The van der Waals surface area contributed by atoms with Gasteiger partial charge in [0, 0.05) is 6.07 Å². The summed E-state index contributed by atoms with van der Waals surface area (Å²) in [6.07, 6.45) is 0. The molecule has 0 spiro atoms. The molecule has 0 aliphatic rings. The molecule has 98 valence electrons. The molecule has 0 aromatic heterocycles. The zero-order chi connectivity index (χ0) is 13.8. The normalized spacial score (nSPS) is 10.1. The van der Waals surface area contributed by atoms with Crippen molar-refractivity contribution in [1.29, 1.82) is 0 Å². The van der Waals surface area contributed by atoms with Crippen LogP contribution in [0.15, 0.2) is 42.5 Å². The van der Waals surface area contributed by atoms with Gasteiger partial charge in [0.05, 0.1) is 25.3 Å². The Morgan fingerprint density at radius 3 is 2.37 bits per heavy atom. The first-order valence-electron chi connectivity index (χ1n) is 5.68. The first-order chi connectivity index (χ1) is 9.17. The third-order valence-corrected chi connectivity index (χ3v) is 2.77. The number of para-hydroxylation sites is 1. The summed E-state index contributed by atoms with van der Waals surface area (Å²) in [5.41, 5.74) is 0.319. The number of halogens is 1. The molecular formula is C15H13FO3. The third-order valence-electron chi connectivity index (χ3n) is 2.77. The van der Waals surface area contributed by atoms with Gasteiger partial charge >= 0.3 is 0 Å². The Labute approximate surface area is 110 Å². The summed E-state index contributed by atoms with van der Waals surface area (Å²) in [5.74, 6) is -0.246. The van der Waals surface area contributed by atoms with Gasteiger partial charge in [0.25, 0.3) is 0 Å². The van der Waals surface area contributed by atoms with Crippen LogP contribution in [0.1, 0.15) is 15.9 Å². The Bertz CT molecular complexity index is 608. The maximum absolute atomic E-state index is 13.9. The van der Waals surface area contributed by atoms with E-state index in [4.69, 9.17) is 9.47 Å². The Morgan fingerprint density at radius 1 is 1.00 bits per heavy atom. The van der Waals surface area contributed by atoms with Crippen molar-refractivity contribution in [1.82, 2.24) is 0 Å². The minimum absolute atomic E-state index is 0.00898. The topological polar surface area (TPSA) is 35.5 Å². The van der Waals surface area contributed by atoms with Crippen molar-refractivity contribution < 1.29 is 18.7 Å². The van der Waals surface area contributed by atoms with Gasteiger partial charge in [-0.05, 0) is 24.3 Å². The number of hydrogen-bond acceptors (Lipinski definition) is 3. The Hall–Kier alpha value is -2.36. The third kappa shape index (κ3) is 2.57. The summed E-state index contributed by atoms with van der Waals surface area (Å²) in [7, 11) is 2.91. The molecule has 3 nitrogen and oxygen atoms in total. The smallest absolute Gasteiger partial charge is 0.199 e. The molecule has 2 aromatic carbocycles. The van der Waals surface area contributed by atoms with E-state index in [9.17, 15) is 9.18 Å². The van der Waals surface area contributed by atoms with Crippen molar-refractivity contribution in [3.8, 4) is 11.5 Å². The number of carbonyl (C=O) groups is 1. The summed E-state index contributed by atoms with van der Waals surface area (Å²) in [6, 6.07) is 10.9. The standard InChI is InChI=1S/C15H13FO3/c1-18-10-7-8-11(13(16)9-10)15(17)12-5-3-4-6-14(12)19-2/h3-9H,1-2H3. The van der Waals surface area contributed by atoms with Crippen LogP contribution in [0, 0.1) is 5.82 Å². The highest BCUT2D eigenvalue weighted by atomic mass is 19.1. The highest BCUT2D eigenvalue weighted by Crippen LogP contribution is 2.24. The van der Waals surface area contributed by atoms with E-state index in [1.54, 1.807) is 30.3 Å². The number of hydrogen-bond donors (Lipinski definition) is 0. The van der Waals surface area contributed by atoms with Crippen molar-refractivity contribution in [2.24, 2.45) is 0 Å². The zero-order valence-corrected chi connectivity index (χ0v) is 10.6. The van der Waals surface area contributed by atoms with E-state index in [1.807, 2.05) is 0 Å². The molecule has 0 saturated carbocycles. The van der Waals surface area contributed by atoms with E-state index >= 15 is 0 Å². The second-order valence-electron chi connectivity index (χ2n) is 3.88. The molecule has 4 heteroatoms. The summed E-state index contributed by atoms with van der Waals surface area (Å²) in [6.45, 7) is 0. The maximum atomic E-state index is 13.9. The molecule has 19 heavy (non-hydrogen) atoms. The van der Waals surface area contributed by atoms with E-state index in [-0.39, 0.29) is 5.56 Å². The average Bonchev–Trinajstić information content (AvgIpc) is 2.46. The number of ketones is 1. The quantitative estimate of drug-likeness (QED) is 0.792. The lowest BCUT2D eigenvalue weighted by molar-refractivity contribution is 0.103. The second-order valence-corrected chi connectivity index (χ2v) is 3.88. The molecule has 0 atom stereocenters. The van der Waals surface area contributed by atoms with Crippen molar-refractivity contribution >= 4 is 5.78 Å². The summed E-state index contributed by atoms with van der Waals surface area (Å²) in [5, 5.41) is 0. The van der Waals surface area contributed by atoms with Crippen LogP contribution in [0.4, 0.5) is 4.39 Å².